The van der Waals surface area contributed by atoms with Crippen molar-refractivity contribution in [1.29, 1.82) is 0 Å². The first-order valence-corrected chi connectivity index (χ1v) is 4.04. The Kier molecular flexibility index (Phi) is 2.90. The molecule has 3 heteroatoms. The highest BCUT2D eigenvalue weighted by Gasteiger charge is 2.07. The second-order valence-corrected chi connectivity index (χ2v) is 2.80. The number of anilines is 1. The molecule has 0 radical (unpaired) electrons. The van der Waals surface area contributed by atoms with Crippen LogP contribution in [0.25, 0.3) is 0 Å². The standard InChI is InChI=1S/C10H13NO2/c1-7-4-8(6-12)10(11-2)9(5-7)13-3/h4-6,11H,1-3H3. The SMILES string of the molecule is CNc1c(C=O)cc(C)cc1OC. The van der Waals surface area contributed by atoms with E-state index in [0.29, 0.717) is 11.3 Å². The number of carbonyl (C=O) groups is 1. The number of rotatable bonds is 3. The molecule has 0 fully saturated rings. The molecule has 1 rings (SSSR count). The molecule has 1 N–H and O–H groups in total. The maximum Gasteiger partial charge on any atom is 0.152 e. The molecule has 13 heavy (non-hydrogen) atoms. The molecule has 70 valence electrons. The number of aldehydes is 1. The van der Waals surface area contributed by atoms with E-state index in [9.17, 15) is 4.79 Å². The molecular formula is C10H13NO2. The number of benzene rings is 1. The van der Waals surface area contributed by atoms with Gasteiger partial charge in [0.25, 0.3) is 0 Å². The summed E-state index contributed by atoms with van der Waals surface area (Å²) in [6.45, 7) is 1.93. The van der Waals surface area contributed by atoms with Crippen molar-refractivity contribution in [2.75, 3.05) is 19.5 Å². The van der Waals surface area contributed by atoms with Crippen LogP contribution < -0.4 is 10.1 Å². The number of aryl methyl sites for hydroxylation is 1. The summed E-state index contributed by atoms with van der Waals surface area (Å²) < 4.78 is 5.14. The summed E-state index contributed by atoms with van der Waals surface area (Å²) in [5, 5.41) is 2.94. The van der Waals surface area contributed by atoms with Gasteiger partial charge in [0.1, 0.15) is 5.75 Å². The van der Waals surface area contributed by atoms with Crippen LogP contribution in [0.2, 0.25) is 0 Å². The summed E-state index contributed by atoms with van der Waals surface area (Å²) in [4.78, 5) is 10.7. The maximum atomic E-state index is 10.7. The average Bonchev–Trinajstić information content (AvgIpc) is 2.16. The molecule has 0 aliphatic rings. The highest BCUT2D eigenvalue weighted by Crippen LogP contribution is 2.28. The molecule has 0 spiro atoms. The minimum absolute atomic E-state index is 0.624. The zero-order chi connectivity index (χ0) is 9.84. The number of methoxy groups -OCH3 is 1. The minimum Gasteiger partial charge on any atom is -0.495 e. The van der Waals surface area contributed by atoms with Gasteiger partial charge in [0.05, 0.1) is 12.8 Å². The van der Waals surface area contributed by atoms with Crippen LogP contribution in [0.15, 0.2) is 12.1 Å². The third kappa shape index (κ3) is 1.80. The van der Waals surface area contributed by atoms with E-state index in [1.165, 1.54) is 0 Å². The largest absolute Gasteiger partial charge is 0.495 e. The Labute approximate surface area is 77.7 Å². The van der Waals surface area contributed by atoms with Crippen molar-refractivity contribution in [2.45, 2.75) is 6.92 Å². The lowest BCUT2D eigenvalue weighted by Crippen LogP contribution is -1.99. The predicted octanol–water partition coefficient (Wildman–Crippen LogP) is 1.86. The highest BCUT2D eigenvalue weighted by molar-refractivity contribution is 5.87. The summed E-state index contributed by atoms with van der Waals surface area (Å²) in [7, 11) is 3.35. The van der Waals surface area contributed by atoms with Gasteiger partial charge in [-0.1, -0.05) is 0 Å². The van der Waals surface area contributed by atoms with E-state index >= 15 is 0 Å². The minimum atomic E-state index is 0.624. The van der Waals surface area contributed by atoms with Crippen molar-refractivity contribution in [1.82, 2.24) is 0 Å². The summed E-state index contributed by atoms with van der Waals surface area (Å²) >= 11 is 0. The van der Waals surface area contributed by atoms with Crippen molar-refractivity contribution in [3.8, 4) is 5.75 Å². The van der Waals surface area contributed by atoms with Gasteiger partial charge in [-0.05, 0) is 24.6 Å². The number of hydrogen-bond acceptors (Lipinski definition) is 3. The van der Waals surface area contributed by atoms with Crippen molar-refractivity contribution < 1.29 is 9.53 Å². The third-order valence-electron chi connectivity index (χ3n) is 1.87. The second kappa shape index (κ2) is 3.94. The lowest BCUT2D eigenvalue weighted by atomic mass is 10.1. The maximum absolute atomic E-state index is 10.7. The Hall–Kier alpha value is -1.51. The molecule has 0 aromatic heterocycles. The monoisotopic (exact) mass is 179 g/mol. The quantitative estimate of drug-likeness (QED) is 0.720. The summed E-state index contributed by atoms with van der Waals surface area (Å²) in [5.41, 5.74) is 2.38. The summed E-state index contributed by atoms with van der Waals surface area (Å²) in [5.74, 6) is 0.699. The molecule has 0 atom stereocenters. The van der Waals surface area contributed by atoms with Gasteiger partial charge in [-0.3, -0.25) is 4.79 Å². The first kappa shape index (κ1) is 9.58. The highest BCUT2D eigenvalue weighted by atomic mass is 16.5. The molecule has 0 amide bonds. The fraction of sp³-hybridized carbons (Fsp3) is 0.300. The number of ether oxygens (including phenoxy) is 1. The molecular weight excluding hydrogens is 166 g/mol. The molecule has 1 aromatic carbocycles. The molecule has 0 saturated carbocycles. The lowest BCUT2D eigenvalue weighted by molar-refractivity contribution is 0.112. The van der Waals surface area contributed by atoms with Crippen LogP contribution in [0.5, 0.6) is 5.75 Å². The topological polar surface area (TPSA) is 38.3 Å². The van der Waals surface area contributed by atoms with Crippen LogP contribution in [0.3, 0.4) is 0 Å². The Morgan fingerprint density at radius 3 is 2.62 bits per heavy atom. The molecule has 0 aliphatic heterocycles. The smallest absolute Gasteiger partial charge is 0.152 e. The summed E-state index contributed by atoms with van der Waals surface area (Å²) in [6.07, 6.45) is 0.821. The molecule has 1 aromatic rings. The van der Waals surface area contributed by atoms with E-state index in [1.54, 1.807) is 14.2 Å². The molecule has 0 aliphatic carbocycles. The van der Waals surface area contributed by atoms with Gasteiger partial charge in [-0.15, -0.1) is 0 Å². The van der Waals surface area contributed by atoms with Crippen LogP contribution in [-0.2, 0) is 0 Å². The van der Waals surface area contributed by atoms with E-state index in [0.717, 1.165) is 17.5 Å². The van der Waals surface area contributed by atoms with Gasteiger partial charge in [0.2, 0.25) is 0 Å². The second-order valence-electron chi connectivity index (χ2n) is 2.80. The predicted molar refractivity (Wildman–Crippen MR) is 52.7 cm³/mol. The van der Waals surface area contributed by atoms with Gasteiger partial charge in [-0.25, -0.2) is 0 Å². The Morgan fingerprint density at radius 1 is 1.46 bits per heavy atom. The van der Waals surface area contributed by atoms with Gasteiger partial charge in [0.15, 0.2) is 6.29 Å². The lowest BCUT2D eigenvalue weighted by Gasteiger charge is -2.11. The number of hydrogen-bond donors (Lipinski definition) is 1. The van der Waals surface area contributed by atoms with Gasteiger partial charge < -0.3 is 10.1 Å². The van der Waals surface area contributed by atoms with Crippen LogP contribution >= 0.6 is 0 Å². The van der Waals surface area contributed by atoms with Crippen molar-refractivity contribution in [3.05, 3.63) is 23.3 Å². The van der Waals surface area contributed by atoms with E-state index in [-0.39, 0.29) is 0 Å². The van der Waals surface area contributed by atoms with Gasteiger partial charge in [0, 0.05) is 12.6 Å². The van der Waals surface area contributed by atoms with Gasteiger partial charge in [-0.2, -0.15) is 0 Å². The molecule has 0 heterocycles. The van der Waals surface area contributed by atoms with Crippen molar-refractivity contribution in [2.24, 2.45) is 0 Å². The zero-order valence-electron chi connectivity index (χ0n) is 8.05. The first-order valence-electron chi connectivity index (χ1n) is 4.04. The van der Waals surface area contributed by atoms with E-state index in [2.05, 4.69) is 5.32 Å². The van der Waals surface area contributed by atoms with Crippen LogP contribution in [0, 0.1) is 6.92 Å². The zero-order valence-corrected chi connectivity index (χ0v) is 8.05. The normalized spacial score (nSPS) is 9.46. The number of nitrogens with one attached hydrogen (secondary N) is 1. The third-order valence-corrected chi connectivity index (χ3v) is 1.87. The number of carbonyl (C=O) groups excluding carboxylic acids is 1. The van der Waals surface area contributed by atoms with E-state index in [4.69, 9.17) is 4.74 Å². The average molecular weight is 179 g/mol. The molecule has 0 unspecified atom stereocenters. The fourth-order valence-corrected chi connectivity index (χ4v) is 1.30. The fourth-order valence-electron chi connectivity index (χ4n) is 1.30. The van der Waals surface area contributed by atoms with Crippen LogP contribution in [-0.4, -0.2) is 20.4 Å². The van der Waals surface area contributed by atoms with Crippen molar-refractivity contribution >= 4 is 12.0 Å². The van der Waals surface area contributed by atoms with Gasteiger partial charge >= 0.3 is 0 Å². The summed E-state index contributed by atoms with van der Waals surface area (Å²) in [6, 6.07) is 3.71. The molecule has 3 nitrogen and oxygen atoms in total. The van der Waals surface area contributed by atoms with Crippen molar-refractivity contribution in [3.63, 3.8) is 0 Å². The Balaban J connectivity index is 3.33. The first-order chi connectivity index (χ1) is 6.22. The molecule has 0 bridgehead atoms. The van der Waals surface area contributed by atoms with E-state index in [1.807, 2.05) is 19.1 Å². The van der Waals surface area contributed by atoms with Crippen LogP contribution in [0.1, 0.15) is 15.9 Å². The van der Waals surface area contributed by atoms with Crippen LogP contribution in [0.4, 0.5) is 5.69 Å². The van der Waals surface area contributed by atoms with E-state index < -0.39 is 0 Å². The Morgan fingerprint density at radius 2 is 2.15 bits per heavy atom. The molecule has 0 saturated heterocycles. The Bertz CT molecular complexity index is 321.